The van der Waals surface area contributed by atoms with Crippen LogP contribution in [0, 0.1) is 0 Å². The number of aromatic nitrogens is 2. The fourth-order valence-electron chi connectivity index (χ4n) is 2.31. The number of piperazine rings is 1. The van der Waals surface area contributed by atoms with Gasteiger partial charge in [-0.25, -0.2) is 9.97 Å². The Labute approximate surface area is 116 Å². The maximum Gasteiger partial charge on any atom is 0.134 e. The van der Waals surface area contributed by atoms with Gasteiger partial charge in [-0.05, 0) is 27.3 Å². The van der Waals surface area contributed by atoms with Gasteiger partial charge in [-0.2, -0.15) is 0 Å². The molecule has 0 amide bonds. The Morgan fingerprint density at radius 3 is 2.79 bits per heavy atom. The lowest BCUT2D eigenvalue weighted by Crippen LogP contribution is -2.57. The fraction of sp³-hybridized carbons (Fsp3) is 0.714. The first kappa shape index (κ1) is 14.1. The summed E-state index contributed by atoms with van der Waals surface area (Å²) in [5.74, 6) is 1.94. The summed E-state index contributed by atoms with van der Waals surface area (Å²) in [5.41, 5.74) is 0.181. The highest BCUT2D eigenvalue weighted by atomic mass is 15.3. The molecule has 1 aromatic heterocycles. The van der Waals surface area contributed by atoms with Gasteiger partial charge in [-0.1, -0.05) is 6.92 Å². The highest BCUT2D eigenvalue weighted by Crippen LogP contribution is 2.23. The second-order valence-electron chi connectivity index (χ2n) is 5.84. The van der Waals surface area contributed by atoms with Crippen LogP contribution in [0.1, 0.15) is 27.2 Å². The van der Waals surface area contributed by atoms with Crippen LogP contribution in [0.4, 0.5) is 11.6 Å². The Morgan fingerprint density at radius 2 is 2.11 bits per heavy atom. The summed E-state index contributed by atoms with van der Waals surface area (Å²) in [6, 6.07) is 2.05. The molecule has 0 saturated carbocycles. The maximum atomic E-state index is 4.42. The molecule has 0 bridgehead atoms. The molecule has 1 aromatic rings. The molecule has 1 fully saturated rings. The SMILES string of the molecule is CCCNc1cc(N2CCN(C)C(C)(C)C2)ncn1. The molecule has 5 heteroatoms. The number of nitrogens with zero attached hydrogens (tertiary/aromatic N) is 4. The maximum absolute atomic E-state index is 4.42. The van der Waals surface area contributed by atoms with E-state index >= 15 is 0 Å². The highest BCUT2D eigenvalue weighted by molar-refractivity contribution is 5.49. The smallest absolute Gasteiger partial charge is 0.134 e. The zero-order valence-corrected chi connectivity index (χ0v) is 12.5. The van der Waals surface area contributed by atoms with Crippen molar-refractivity contribution in [1.82, 2.24) is 14.9 Å². The molecule has 1 aliphatic heterocycles. The number of nitrogens with one attached hydrogen (secondary N) is 1. The van der Waals surface area contributed by atoms with Crippen molar-refractivity contribution >= 4 is 11.6 Å². The Hall–Kier alpha value is -1.36. The lowest BCUT2D eigenvalue weighted by atomic mass is 10.00. The molecule has 0 aliphatic carbocycles. The van der Waals surface area contributed by atoms with E-state index in [1.165, 1.54) is 0 Å². The van der Waals surface area contributed by atoms with Crippen LogP contribution in [-0.2, 0) is 0 Å². The third-order valence-electron chi connectivity index (χ3n) is 3.85. The summed E-state index contributed by atoms with van der Waals surface area (Å²) < 4.78 is 0. The summed E-state index contributed by atoms with van der Waals surface area (Å²) in [5, 5.41) is 3.32. The van der Waals surface area contributed by atoms with E-state index in [1.807, 2.05) is 0 Å². The van der Waals surface area contributed by atoms with Gasteiger partial charge in [0.1, 0.15) is 18.0 Å². The Balaban J connectivity index is 2.09. The number of hydrogen-bond donors (Lipinski definition) is 1. The Morgan fingerprint density at radius 1 is 1.32 bits per heavy atom. The molecular formula is C14H25N5. The first-order valence-corrected chi connectivity index (χ1v) is 7.05. The van der Waals surface area contributed by atoms with Crippen molar-refractivity contribution in [1.29, 1.82) is 0 Å². The van der Waals surface area contributed by atoms with Crippen molar-refractivity contribution in [3.63, 3.8) is 0 Å². The predicted octanol–water partition coefficient (Wildman–Crippen LogP) is 1.83. The fourth-order valence-corrected chi connectivity index (χ4v) is 2.31. The van der Waals surface area contributed by atoms with Crippen LogP contribution in [0.3, 0.4) is 0 Å². The highest BCUT2D eigenvalue weighted by Gasteiger charge is 2.31. The van der Waals surface area contributed by atoms with E-state index in [4.69, 9.17) is 0 Å². The van der Waals surface area contributed by atoms with Gasteiger partial charge in [0.2, 0.25) is 0 Å². The van der Waals surface area contributed by atoms with Gasteiger partial charge in [0.05, 0.1) is 0 Å². The van der Waals surface area contributed by atoms with Gasteiger partial charge in [0, 0.05) is 37.8 Å². The number of anilines is 2. The van der Waals surface area contributed by atoms with E-state index in [0.29, 0.717) is 0 Å². The molecule has 0 atom stereocenters. The van der Waals surface area contributed by atoms with E-state index in [0.717, 1.165) is 44.2 Å². The molecule has 0 radical (unpaired) electrons. The Kier molecular flexibility index (Phi) is 4.24. The minimum atomic E-state index is 0.181. The molecule has 2 heterocycles. The van der Waals surface area contributed by atoms with Crippen molar-refractivity contribution in [3.8, 4) is 0 Å². The van der Waals surface area contributed by atoms with Crippen LogP contribution in [0.5, 0.6) is 0 Å². The second kappa shape index (κ2) is 5.74. The second-order valence-corrected chi connectivity index (χ2v) is 5.84. The van der Waals surface area contributed by atoms with Gasteiger partial charge < -0.3 is 10.2 Å². The molecule has 106 valence electrons. The normalized spacial score (nSPS) is 19.5. The molecule has 19 heavy (non-hydrogen) atoms. The average Bonchev–Trinajstić information content (AvgIpc) is 2.40. The number of hydrogen-bond acceptors (Lipinski definition) is 5. The van der Waals surface area contributed by atoms with Crippen molar-refractivity contribution in [3.05, 3.63) is 12.4 Å². The summed E-state index contributed by atoms with van der Waals surface area (Å²) in [7, 11) is 2.19. The van der Waals surface area contributed by atoms with Gasteiger partial charge in [-0.3, -0.25) is 4.90 Å². The summed E-state index contributed by atoms with van der Waals surface area (Å²) in [6.45, 7) is 10.7. The first-order chi connectivity index (χ1) is 9.03. The van der Waals surface area contributed by atoms with Crippen molar-refractivity contribution in [2.24, 2.45) is 0 Å². The van der Waals surface area contributed by atoms with Crippen LogP contribution in [0.25, 0.3) is 0 Å². The van der Waals surface area contributed by atoms with E-state index in [1.54, 1.807) is 6.33 Å². The molecule has 1 aliphatic rings. The standard InChI is InChI=1S/C14H25N5/c1-5-6-15-12-9-13(17-11-16-12)19-8-7-18(4)14(2,3)10-19/h9,11H,5-8,10H2,1-4H3,(H,15,16,17). The molecular weight excluding hydrogens is 238 g/mol. The van der Waals surface area contributed by atoms with Gasteiger partial charge >= 0.3 is 0 Å². The Bertz CT molecular complexity index is 418. The van der Waals surface area contributed by atoms with Crippen LogP contribution >= 0.6 is 0 Å². The van der Waals surface area contributed by atoms with Gasteiger partial charge in [0.15, 0.2) is 0 Å². The zero-order chi connectivity index (χ0) is 13.9. The molecule has 5 nitrogen and oxygen atoms in total. The topological polar surface area (TPSA) is 44.3 Å². The van der Waals surface area contributed by atoms with Crippen molar-refractivity contribution in [2.45, 2.75) is 32.7 Å². The lowest BCUT2D eigenvalue weighted by molar-refractivity contribution is 0.138. The van der Waals surface area contributed by atoms with Gasteiger partial charge in [0.25, 0.3) is 0 Å². The number of rotatable bonds is 4. The van der Waals surface area contributed by atoms with Crippen molar-refractivity contribution < 1.29 is 0 Å². The van der Waals surface area contributed by atoms with E-state index in [-0.39, 0.29) is 5.54 Å². The zero-order valence-electron chi connectivity index (χ0n) is 12.5. The summed E-state index contributed by atoms with van der Waals surface area (Å²) in [6.07, 6.45) is 2.75. The predicted molar refractivity (Wildman–Crippen MR) is 79.7 cm³/mol. The quantitative estimate of drug-likeness (QED) is 0.898. The van der Waals surface area contributed by atoms with Crippen molar-refractivity contribution in [2.75, 3.05) is 43.4 Å². The third-order valence-corrected chi connectivity index (χ3v) is 3.85. The summed E-state index contributed by atoms with van der Waals surface area (Å²) in [4.78, 5) is 13.4. The average molecular weight is 263 g/mol. The molecule has 2 rings (SSSR count). The van der Waals surface area contributed by atoms with Crippen LogP contribution in [0.2, 0.25) is 0 Å². The molecule has 0 aromatic carbocycles. The lowest BCUT2D eigenvalue weighted by Gasteiger charge is -2.45. The van der Waals surface area contributed by atoms with E-state index < -0.39 is 0 Å². The summed E-state index contributed by atoms with van der Waals surface area (Å²) >= 11 is 0. The van der Waals surface area contributed by atoms with Gasteiger partial charge in [-0.15, -0.1) is 0 Å². The number of likely N-dealkylation sites (N-methyl/N-ethyl adjacent to an activating group) is 1. The van der Waals surface area contributed by atoms with E-state index in [9.17, 15) is 0 Å². The first-order valence-electron chi connectivity index (χ1n) is 7.05. The minimum absolute atomic E-state index is 0.181. The molecule has 0 unspecified atom stereocenters. The molecule has 0 spiro atoms. The van der Waals surface area contributed by atoms with Crippen LogP contribution in [0.15, 0.2) is 12.4 Å². The largest absolute Gasteiger partial charge is 0.370 e. The minimum Gasteiger partial charge on any atom is -0.370 e. The van der Waals surface area contributed by atoms with E-state index in [2.05, 4.69) is 59.0 Å². The molecule has 1 N–H and O–H groups in total. The monoisotopic (exact) mass is 263 g/mol. The molecule has 1 saturated heterocycles. The van der Waals surface area contributed by atoms with Crippen LogP contribution < -0.4 is 10.2 Å². The third kappa shape index (κ3) is 3.35. The van der Waals surface area contributed by atoms with Crippen LogP contribution in [-0.4, -0.2) is 53.6 Å².